The van der Waals surface area contributed by atoms with Crippen LogP contribution in [0.5, 0.6) is 23.0 Å². The highest BCUT2D eigenvalue weighted by Gasteiger charge is 2.21. The maximum absolute atomic E-state index is 12.8. The van der Waals surface area contributed by atoms with E-state index in [2.05, 4.69) is 0 Å². The van der Waals surface area contributed by atoms with E-state index in [0.717, 1.165) is 0 Å². The summed E-state index contributed by atoms with van der Waals surface area (Å²) in [4.78, 5) is 22.6. The first-order valence-electron chi connectivity index (χ1n) is 13.2. The van der Waals surface area contributed by atoms with E-state index in [1.54, 1.807) is 66.7 Å². The number of esters is 1. The molecule has 0 radical (unpaired) electrons. The Morgan fingerprint density at radius 2 is 1.24 bits per heavy atom. The van der Waals surface area contributed by atoms with Crippen molar-refractivity contribution in [3.8, 4) is 23.0 Å². The van der Waals surface area contributed by atoms with Crippen molar-refractivity contribution in [2.24, 2.45) is 0 Å². The van der Waals surface area contributed by atoms with Crippen molar-refractivity contribution in [3.05, 3.63) is 72.3 Å². The molecule has 3 aromatic carbocycles. The van der Waals surface area contributed by atoms with E-state index in [0.29, 0.717) is 45.4 Å². The lowest BCUT2D eigenvalue weighted by Gasteiger charge is -2.24. The Kier molecular flexibility index (Phi) is 12.2. The van der Waals surface area contributed by atoms with E-state index >= 15 is 0 Å². The van der Waals surface area contributed by atoms with Crippen LogP contribution in [0.1, 0.15) is 10.4 Å². The molecule has 0 saturated carbocycles. The predicted molar refractivity (Wildman–Crippen MR) is 159 cm³/mol. The number of likely N-dealkylation sites (N-methyl/N-ethyl adjacent to an activating group) is 1. The number of hydrogen-bond donors (Lipinski definition) is 3. The Bertz CT molecular complexity index is 1260. The molecule has 5 N–H and O–H groups in total. The zero-order valence-electron chi connectivity index (χ0n) is 24.1. The van der Waals surface area contributed by atoms with Crippen molar-refractivity contribution in [2.75, 3.05) is 78.5 Å². The zero-order valence-corrected chi connectivity index (χ0v) is 25.0. The lowest BCUT2D eigenvalue weighted by atomic mass is 10.2. The minimum absolute atomic E-state index is 0.0251. The maximum atomic E-state index is 12.8. The first-order chi connectivity index (χ1) is 19.9. The van der Waals surface area contributed by atoms with Crippen LogP contribution in [0.25, 0.3) is 0 Å². The first kappa shape index (κ1) is 32.9. The summed E-state index contributed by atoms with van der Waals surface area (Å²) in [5, 5.41) is 0. The molecule has 0 amide bonds. The van der Waals surface area contributed by atoms with Crippen LogP contribution in [-0.4, -0.2) is 82.4 Å². The summed E-state index contributed by atoms with van der Waals surface area (Å²) in [5.74, 6) is 1.16. The second-order valence-electron chi connectivity index (χ2n) is 10.3. The average molecular weight is 605 g/mol. The van der Waals surface area contributed by atoms with Crippen molar-refractivity contribution < 1.29 is 46.9 Å². The summed E-state index contributed by atoms with van der Waals surface area (Å²) < 4.78 is 45.4. The third-order valence-corrected chi connectivity index (χ3v) is 6.58. The number of benzene rings is 3. The van der Waals surface area contributed by atoms with E-state index in [1.807, 2.05) is 21.1 Å². The molecule has 228 valence electrons. The second-order valence-corrected chi connectivity index (χ2v) is 12.1. The number of hydrogen-bond acceptors (Lipinski definition) is 10. The molecule has 13 heteroatoms. The fourth-order valence-corrected chi connectivity index (χ4v) is 4.12. The smallest absolute Gasteiger partial charge is 0.353 e. The molecule has 0 aliphatic heterocycles. The average Bonchev–Trinajstić information content (AvgIpc) is 2.91. The van der Waals surface area contributed by atoms with Gasteiger partial charge in [0.25, 0.3) is 0 Å². The summed E-state index contributed by atoms with van der Waals surface area (Å²) in [6, 6.07) is 18.4. The van der Waals surface area contributed by atoms with Crippen LogP contribution in [-0.2, 0) is 23.3 Å². The SMILES string of the molecule is C[N+](C)(C)CCOP(=O)(O)COCCOCCOC(=O)c1cc(Oc2ccc(N)cc2)cc(Oc2ccc(N)cc2)c1. The van der Waals surface area contributed by atoms with E-state index < -0.39 is 19.9 Å². The highest BCUT2D eigenvalue weighted by atomic mass is 31.2. The number of nitrogens with two attached hydrogens (primary N) is 2. The molecule has 0 spiro atoms. The van der Waals surface area contributed by atoms with Crippen molar-refractivity contribution in [1.82, 2.24) is 0 Å². The van der Waals surface area contributed by atoms with Gasteiger partial charge in [-0.1, -0.05) is 0 Å². The van der Waals surface area contributed by atoms with Crippen LogP contribution in [0.3, 0.4) is 0 Å². The van der Waals surface area contributed by atoms with Crippen LogP contribution in [0.4, 0.5) is 11.4 Å². The summed E-state index contributed by atoms with van der Waals surface area (Å²) >= 11 is 0. The number of anilines is 2. The number of carbonyl (C=O) groups is 1. The quantitative estimate of drug-likeness (QED) is 0.0654. The Hall–Kier alpha value is -3.64. The van der Waals surface area contributed by atoms with E-state index in [-0.39, 0.29) is 38.6 Å². The molecule has 0 heterocycles. The third-order valence-electron chi connectivity index (χ3n) is 5.49. The molecule has 0 aliphatic rings. The fourth-order valence-electron chi connectivity index (χ4n) is 3.32. The topological polar surface area (TPSA) is 162 Å². The van der Waals surface area contributed by atoms with Gasteiger partial charge in [0.15, 0.2) is 0 Å². The minimum Gasteiger partial charge on any atom is -0.460 e. The van der Waals surface area contributed by atoms with Gasteiger partial charge in [0.05, 0.1) is 46.5 Å². The number of quaternary nitrogens is 1. The Morgan fingerprint density at radius 3 is 1.76 bits per heavy atom. The first-order valence-corrected chi connectivity index (χ1v) is 15.0. The summed E-state index contributed by atoms with van der Waals surface area (Å²) in [7, 11) is 2.04. The summed E-state index contributed by atoms with van der Waals surface area (Å²) in [6.07, 6.45) is -0.433. The van der Waals surface area contributed by atoms with Crippen molar-refractivity contribution in [1.29, 1.82) is 0 Å². The van der Waals surface area contributed by atoms with Crippen LogP contribution in [0.15, 0.2) is 66.7 Å². The molecule has 0 fully saturated rings. The summed E-state index contributed by atoms with van der Waals surface area (Å²) in [6.45, 7) is 1.02. The minimum atomic E-state index is -3.83. The maximum Gasteiger partial charge on any atom is 0.353 e. The van der Waals surface area contributed by atoms with Crippen LogP contribution in [0, 0.1) is 0 Å². The van der Waals surface area contributed by atoms with Gasteiger partial charge in [-0.05, 0) is 60.7 Å². The van der Waals surface area contributed by atoms with Gasteiger partial charge in [-0.25, -0.2) is 4.79 Å². The third kappa shape index (κ3) is 12.5. The predicted octanol–water partition coefficient (Wildman–Crippen LogP) is 4.49. The highest BCUT2D eigenvalue weighted by molar-refractivity contribution is 7.52. The molecular formula is C29H39N3O9P+. The molecule has 1 atom stereocenters. The number of rotatable bonds is 17. The standard InChI is InChI=1S/C29H38N3O9P/c1-32(2,3)12-13-39-42(34,35)21-37-15-14-36-16-17-38-29(33)22-18-27(40-25-8-4-23(30)5-9-25)20-28(19-22)41-26-10-6-24(31)7-11-26/h4-11,18-20H,12-17,21,30-31H2,1-3H3/p+1. The number of carbonyl (C=O) groups excluding carboxylic acids is 1. The van der Waals surface area contributed by atoms with E-state index in [9.17, 15) is 14.3 Å². The molecule has 1 unspecified atom stereocenters. The van der Waals surface area contributed by atoms with Gasteiger partial charge in [0, 0.05) is 17.4 Å². The molecule has 42 heavy (non-hydrogen) atoms. The number of nitrogens with zero attached hydrogens (tertiary/aromatic N) is 1. The van der Waals surface area contributed by atoms with Crippen LogP contribution < -0.4 is 20.9 Å². The highest BCUT2D eigenvalue weighted by Crippen LogP contribution is 2.41. The Labute approximate surface area is 245 Å². The lowest BCUT2D eigenvalue weighted by Crippen LogP contribution is -2.37. The molecule has 0 aromatic heterocycles. The van der Waals surface area contributed by atoms with Gasteiger partial charge < -0.3 is 49.1 Å². The molecule has 0 bridgehead atoms. The van der Waals surface area contributed by atoms with Gasteiger partial charge in [0.1, 0.15) is 49.1 Å². The molecule has 3 rings (SSSR count). The van der Waals surface area contributed by atoms with E-state index in [4.69, 9.17) is 39.7 Å². The molecule has 3 aromatic rings. The molecular weight excluding hydrogens is 565 g/mol. The van der Waals surface area contributed by atoms with Gasteiger partial charge >= 0.3 is 13.6 Å². The summed E-state index contributed by atoms with van der Waals surface area (Å²) in [5.41, 5.74) is 12.9. The van der Waals surface area contributed by atoms with E-state index in [1.165, 1.54) is 0 Å². The Balaban J connectivity index is 1.48. The van der Waals surface area contributed by atoms with Crippen molar-refractivity contribution in [3.63, 3.8) is 0 Å². The number of nitrogen functional groups attached to an aromatic ring is 2. The molecule has 0 aliphatic carbocycles. The lowest BCUT2D eigenvalue weighted by molar-refractivity contribution is -0.870. The van der Waals surface area contributed by atoms with Crippen LogP contribution >= 0.6 is 7.60 Å². The second kappa shape index (κ2) is 15.5. The van der Waals surface area contributed by atoms with Crippen molar-refractivity contribution in [2.45, 2.75) is 0 Å². The molecule has 0 saturated heterocycles. The van der Waals surface area contributed by atoms with Crippen molar-refractivity contribution >= 4 is 24.9 Å². The monoisotopic (exact) mass is 604 g/mol. The van der Waals surface area contributed by atoms with Gasteiger partial charge in [-0.15, -0.1) is 0 Å². The zero-order chi connectivity index (χ0) is 30.6. The number of ether oxygens (including phenoxy) is 5. The Morgan fingerprint density at radius 1 is 0.738 bits per heavy atom. The molecule has 12 nitrogen and oxygen atoms in total. The normalized spacial score (nSPS) is 12.9. The fraction of sp³-hybridized carbons (Fsp3) is 0.345. The largest absolute Gasteiger partial charge is 0.460 e. The van der Waals surface area contributed by atoms with Gasteiger partial charge in [0.2, 0.25) is 0 Å². The van der Waals surface area contributed by atoms with Gasteiger partial charge in [-0.3, -0.25) is 4.57 Å². The van der Waals surface area contributed by atoms with Gasteiger partial charge in [-0.2, -0.15) is 0 Å². The van der Waals surface area contributed by atoms with Crippen LogP contribution in [0.2, 0.25) is 0 Å².